The van der Waals surface area contributed by atoms with Gasteiger partial charge in [-0.15, -0.1) is 0 Å². The van der Waals surface area contributed by atoms with E-state index in [2.05, 4.69) is 9.99 Å². The lowest BCUT2D eigenvalue weighted by Crippen LogP contribution is -2.34. The first-order valence-corrected chi connectivity index (χ1v) is 5.22. The van der Waals surface area contributed by atoms with Crippen LogP contribution >= 0.6 is 0 Å². The smallest absolute Gasteiger partial charge is 0.318 e. The number of imide groups is 1. The summed E-state index contributed by atoms with van der Waals surface area (Å²) in [5.74, 6) is -1.64. The summed E-state index contributed by atoms with van der Waals surface area (Å²) >= 11 is 0. The van der Waals surface area contributed by atoms with Crippen molar-refractivity contribution in [3.63, 3.8) is 0 Å². The molecule has 1 heterocycles. The van der Waals surface area contributed by atoms with Gasteiger partial charge in [0.2, 0.25) is 5.91 Å². The minimum Gasteiger partial charge on any atom is -0.318 e. The molecule has 0 aromatic heterocycles. The second-order valence-electron chi connectivity index (χ2n) is 3.70. The van der Waals surface area contributed by atoms with E-state index in [0.717, 1.165) is 4.90 Å². The molecule has 6 heteroatoms. The number of carbonyl (C=O) groups is 3. The van der Waals surface area contributed by atoms with Crippen molar-refractivity contribution >= 4 is 29.2 Å². The third kappa shape index (κ3) is 1.88. The molecular formula is C12H10N2O4. The Morgan fingerprint density at radius 1 is 1.22 bits per heavy atom. The van der Waals surface area contributed by atoms with Gasteiger partial charge in [-0.1, -0.05) is 23.4 Å². The molecule has 92 valence electrons. The number of carbonyl (C=O) groups excluding carboxylic acids is 3. The number of para-hydroxylation sites is 1. The number of oxime groups is 1. The molecule has 0 spiro atoms. The van der Waals surface area contributed by atoms with Crippen LogP contribution in [0.3, 0.4) is 0 Å². The molecule has 18 heavy (non-hydrogen) atoms. The van der Waals surface area contributed by atoms with Gasteiger partial charge < -0.3 is 4.84 Å². The number of hydrogen-bond donors (Lipinski definition) is 0. The van der Waals surface area contributed by atoms with Gasteiger partial charge in [-0.25, -0.2) is 9.69 Å². The predicted octanol–water partition coefficient (Wildman–Crippen LogP) is 0.847. The zero-order valence-corrected chi connectivity index (χ0v) is 9.84. The molecule has 0 saturated heterocycles. The van der Waals surface area contributed by atoms with Gasteiger partial charge in [-0.05, 0) is 6.07 Å². The van der Waals surface area contributed by atoms with Gasteiger partial charge >= 0.3 is 5.97 Å². The Hall–Kier alpha value is -2.50. The number of amides is 2. The Balaban J connectivity index is 2.52. The van der Waals surface area contributed by atoms with Gasteiger partial charge in [-0.3, -0.25) is 9.59 Å². The Morgan fingerprint density at radius 3 is 2.50 bits per heavy atom. The third-order valence-corrected chi connectivity index (χ3v) is 2.39. The lowest BCUT2D eigenvalue weighted by atomic mass is 10.1. The molecule has 1 aliphatic heterocycles. The highest BCUT2D eigenvalue weighted by atomic mass is 16.7. The van der Waals surface area contributed by atoms with E-state index in [4.69, 9.17) is 0 Å². The second kappa shape index (κ2) is 4.40. The van der Waals surface area contributed by atoms with Crippen molar-refractivity contribution in [2.24, 2.45) is 5.16 Å². The predicted molar refractivity (Wildman–Crippen MR) is 62.9 cm³/mol. The van der Waals surface area contributed by atoms with E-state index in [0.29, 0.717) is 11.3 Å². The van der Waals surface area contributed by atoms with Crippen molar-refractivity contribution in [1.29, 1.82) is 0 Å². The summed E-state index contributed by atoms with van der Waals surface area (Å²) in [4.78, 5) is 39.6. The van der Waals surface area contributed by atoms with Crippen LogP contribution in [0.5, 0.6) is 0 Å². The number of hydrogen-bond acceptors (Lipinski definition) is 5. The lowest BCUT2D eigenvalue weighted by molar-refractivity contribution is -0.140. The third-order valence-electron chi connectivity index (χ3n) is 2.39. The molecule has 6 nitrogen and oxygen atoms in total. The van der Waals surface area contributed by atoms with Gasteiger partial charge in [0.05, 0.1) is 5.69 Å². The first-order valence-electron chi connectivity index (χ1n) is 5.22. The SMILES string of the molecule is CC(=O)O/N=C1\C(=O)N(C(C)=O)c2ccccc21. The molecule has 1 aliphatic rings. The van der Waals surface area contributed by atoms with Crippen molar-refractivity contribution in [2.75, 3.05) is 4.90 Å². The second-order valence-corrected chi connectivity index (χ2v) is 3.70. The van der Waals surface area contributed by atoms with Crippen LogP contribution in [0, 0.1) is 0 Å². The average Bonchev–Trinajstić information content (AvgIpc) is 2.58. The molecular weight excluding hydrogens is 236 g/mol. The van der Waals surface area contributed by atoms with Crippen LogP contribution in [-0.2, 0) is 19.2 Å². The van der Waals surface area contributed by atoms with E-state index < -0.39 is 17.8 Å². The van der Waals surface area contributed by atoms with Crippen LogP contribution in [0.4, 0.5) is 5.69 Å². The molecule has 0 fully saturated rings. The van der Waals surface area contributed by atoms with Crippen molar-refractivity contribution in [3.05, 3.63) is 29.8 Å². The Kier molecular flexibility index (Phi) is 2.93. The molecule has 2 rings (SSSR count). The zero-order chi connectivity index (χ0) is 13.3. The molecule has 1 aromatic rings. The van der Waals surface area contributed by atoms with Crippen LogP contribution in [0.25, 0.3) is 0 Å². The fourth-order valence-corrected chi connectivity index (χ4v) is 1.71. The van der Waals surface area contributed by atoms with Gasteiger partial charge in [0.1, 0.15) is 0 Å². The first-order chi connectivity index (χ1) is 8.52. The topological polar surface area (TPSA) is 76.0 Å². The van der Waals surface area contributed by atoms with Crippen LogP contribution in [-0.4, -0.2) is 23.5 Å². The van der Waals surface area contributed by atoms with Crippen LogP contribution in [0.15, 0.2) is 29.4 Å². The Bertz CT molecular complexity index is 577. The zero-order valence-electron chi connectivity index (χ0n) is 9.84. The molecule has 0 aliphatic carbocycles. The maximum Gasteiger partial charge on any atom is 0.332 e. The normalized spacial score (nSPS) is 15.8. The molecule has 0 saturated carbocycles. The van der Waals surface area contributed by atoms with Crippen molar-refractivity contribution < 1.29 is 19.2 Å². The first kappa shape index (κ1) is 12.0. The highest BCUT2D eigenvalue weighted by Crippen LogP contribution is 2.29. The minimum atomic E-state index is -0.631. The maximum atomic E-state index is 12.0. The summed E-state index contributed by atoms with van der Waals surface area (Å²) in [5, 5.41) is 3.50. The summed E-state index contributed by atoms with van der Waals surface area (Å²) in [6.07, 6.45) is 0. The van der Waals surface area contributed by atoms with Crippen molar-refractivity contribution in [3.8, 4) is 0 Å². The molecule has 0 N–H and O–H groups in total. The van der Waals surface area contributed by atoms with E-state index in [1.165, 1.54) is 13.8 Å². The van der Waals surface area contributed by atoms with Crippen LogP contribution in [0.1, 0.15) is 19.4 Å². The minimum absolute atomic E-state index is 0.0454. The van der Waals surface area contributed by atoms with Gasteiger partial charge in [0.25, 0.3) is 5.91 Å². The number of fused-ring (bicyclic) bond motifs is 1. The Labute approximate surface area is 103 Å². The van der Waals surface area contributed by atoms with Gasteiger partial charge in [0, 0.05) is 19.4 Å². The van der Waals surface area contributed by atoms with Gasteiger partial charge in [0.15, 0.2) is 5.71 Å². The molecule has 0 bridgehead atoms. The van der Waals surface area contributed by atoms with Crippen LogP contribution in [0.2, 0.25) is 0 Å². The van der Waals surface area contributed by atoms with E-state index in [1.807, 2.05) is 0 Å². The van der Waals surface area contributed by atoms with E-state index in [9.17, 15) is 14.4 Å². The molecule has 0 atom stereocenters. The fraction of sp³-hybridized carbons (Fsp3) is 0.167. The molecule has 1 aromatic carbocycles. The maximum absolute atomic E-state index is 12.0. The van der Waals surface area contributed by atoms with E-state index >= 15 is 0 Å². The quantitative estimate of drug-likeness (QED) is 0.543. The largest absolute Gasteiger partial charge is 0.332 e. The van der Waals surface area contributed by atoms with E-state index in [1.54, 1.807) is 24.3 Å². The Morgan fingerprint density at radius 2 is 1.89 bits per heavy atom. The van der Waals surface area contributed by atoms with Gasteiger partial charge in [-0.2, -0.15) is 0 Å². The number of rotatable bonds is 1. The standard InChI is InChI=1S/C12H10N2O4/c1-7(15)14-10-6-4-3-5-9(10)11(12(14)17)13-18-8(2)16/h3-6H,1-2H3/b13-11-. The number of nitrogens with zero attached hydrogens (tertiary/aromatic N) is 2. The highest BCUT2D eigenvalue weighted by molar-refractivity contribution is 6.57. The summed E-state index contributed by atoms with van der Waals surface area (Å²) in [7, 11) is 0. The highest BCUT2D eigenvalue weighted by Gasteiger charge is 2.36. The van der Waals surface area contributed by atoms with Crippen LogP contribution < -0.4 is 4.90 Å². The summed E-state index contributed by atoms with van der Waals surface area (Å²) in [6, 6.07) is 6.68. The average molecular weight is 246 g/mol. The summed E-state index contributed by atoms with van der Waals surface area (Å²) in [6.45, 7) is 2.46. The number of anilines is 1. The monoisotopic (exact) mass is 246 g/mol. The lowest BCUT2D eigenvalue weighted by Gasteiger charge is -2.10. The van der Waals surface area contributed by atoms with Crippen molar-refractivity contribution in [1.82, 2.24) is 0 Å². The fourth-order valence-electron chi connectivity index (χ4n) is 1.71. The van der Waals surface area contributed by atoms with Crippen molar-refractivity contribution in [2.45, 2.75) is 13.8 Å². The molecule has 0 unspecified atom stereocenters. The summed E-state index contributed by atoms with van der Waals surface area (Å²) in [5.41, 5.74) is 0.871. The molecule has 2 amide bonds. The summed E-state index contributed by atoms with van der Waals surface area (Å²) < 4.78 is 0. The van der Waals surface area contributed by atoms with E-state index in [-0.39, 0.29) is 5.71 Å². The molecule has 0 radical (unpaired) electrons. The number of benzene rings is 1.